The summed E-state index contributed by atoms with van der Waals surface area (Å²) in [6, 6.07) is 11.5. The number of piperidine rings is 1. The van der Waals surface area contributed by atoms with Crippen LogP contribution in [0.25, 0.3) is 0 Å². The van der Waals surface area contributed by atoms with Crippen LogP contribution in [0.5, 0.6) is 0 Å². The molecular weight excluding hydrogens is 306 g/mol. The molecule has 1 aromatic rings. The van der Waals surface area contributed by atoms with Crippen molar-refractivity contribution in [3.05, 3.63) is 47.5 Å². The third-order valence-corrected chi connectivity index (χ3v) is 6.09. The van der Waals surface area contributed by atoms with Crippen LogP contribution in [0.1, 0.15) is 51.6 Å². The van der Waals surface area contributed by atoms with Crippen LogP contribution < -0.4 is 5.32 Å². The van der Waals surface area contributed by atoms with Gasteiger partial charge < -0.3 is 5.32 Å². The van der Waals surface area contributed by atoms with Crippen LogP contribution >= 0.6 is 0 Å². The first kappa shape index (κ1) is 18.6. The van der Waals surface area contributed by atoms with E-state index in [0.717, 1.165) is 26.2 Å². The molecule has 138 valence electrons. The van der Waals surface area contributed by atoms with Crippen LogP contribution in [0.15, 0.2) is 42.0 Å². The van der Waals surface area contributed by atoms with Gasteiger partial charge in [0.05, 0.1) is 6.04 Å². The summed E-state index contributed by atoms with van der Waals surface area (Å²) in [6.45, 7) is 14.0. The Morgan fingerprint density at radius 2 is 1.64 bits per heavy atom. The van der Waals surface area contributed by atoms with E-state index in [1.807, 2.05) is 0 Å². The molecule has 1 N–H and O–H groups in total. The van der Waals surface area contributed by atoms with Crippen molar-refractivity contribution in [2.24, 2.45) is 0 Å². The molecule has 0 aromatic heterocycles. The number of allylic oxidation sites excluding steroid dienone is 1. The van der Waals surface area contributed by atoms with Crippen LogP contribution in [0.4, 0.5) is 0 Å². The molecule has 0 spiro atoms. The Labute approximate surface area is 154 Å². The first-order valence-corrected chi connectivity index (χ1v) is 10.1. The summed E-state index contributed by atoms with van der Waals surface area (Å²) in [5.74, 6) is 0. The van der Waals surface area contributed by atoms with E-state index in [0.29, 0.717) is 6.04 Å². The normalized spacial score (nSPS) is 22.8. The largest absolute Gasteiger partial charge is 0.314 e. The number of piperazine rings is 1. The number of hydrogen-bond donors (Lipinski definition) is 1. The van der Waals surface area contributed by atoms with Crippen LogP contribution in [-0.4, -0.2) is 54.6 Å². The zero-order chi connectivity index (χ0) is 17.7. The smallest absolute Gasteiger partial charge is 0.0579 e. The maximum Gasteiger partial charge on any atom is 0.0579 e. The number of nitrogens with zero attached hydrogens (tertiary/aromatic N) is 2. The zero-order valence-corrected chi connectivity index (χ0v) is 16.3. The van der Waals surface area contributed by atoms with Crippen molar-refractivity contribution >= 4 is 0 Å². The van der Waals surface area contributed by atoms with E-state index >= 15 is 0 Å². The van der Waals surface area contributed by atoms with Gasteiger partial charge in [-0.3, -0.25) is 9.80 Å². The van der Waals surface area contributed by atoms with Crippen LogP contribution in [0.2, 0.25) is 0 Å². The standard InChI is InChI=1S/C22H35N3/c1-4-20(22(2,3)25-15-9-6-10-16-25)21(19-11-7-5-8-12-19)24-17-13-23-14-18-24/h4-5,7-8,11-12,21,23H,6,9-10,13-18H2,1-3H3. The van der Waals surface area contributed by atoms with Crippen molar-refractivity contribution in [2.45, 2.75) is 51.6 Å². The molecule has 0 aliphatic carbocycles. The number of hydrogen-bond acceptors (Lipinski definition) is 3. The van der Waals surface area contributed by atoms with Gasteiger partial charge >= 0.3 is 0 Å². The molecule has 2 aliphatic heterocycles. The van der Waals surface area contributed by atoms with E-state index in [-0.39, 0.29) is 5.54 Å². The molecule has 1 unspecified atom stereocenters. The molecule has 2 heterocycles. The summed E-state index contributed by atoms with van der Waals surface area (Å²) < 4.78 is 0. The minimum absolute atomic E-state index is 0.0978. The number of rotatable bonds is 5. The first-order valence-electron chi connectivity index (χ1n) is 10.1. The van der Waals surface area contributed by atoms with Gasteiger partial charge in [0.2, 0.25) is 0 Å². The molecule has 2 saturated heterocycles. The molecule has 2 fully saturated rings. The maximum absolute atomic E-state index is 3.51. The highest BCUT2D eigenvalue weighted by molar-refractivity contribution is 5.34. The van der Waals surface area contributed by atoms with Gasteiger partial charge in [0, 0.05) is 31.7 Å². The lowest BCUT2D eigenvalue weighted by Gasteiger charge is -2.48. The molecule has 25 heavy (non-hydrogen) atoms. The number of likely N-dealkylation sites (tertiary alicyclic amines) is 1. The predicted molar refractivity (Wildman–Crippen MR) is 107 cm³/mol. The van der Waals surface area contributed by atoms with Crippen molar-refractivity contribution in [2.75, 3.05) is 39.3 Å². The Hall–Kier alpha value is -1.16. The van der Waals surface area contributed by atoms with Gasteiger partial charge in [-0.05, 0) is 57.8 Å². The Morgan fingerprint density at radius 1 is 1.00 bits per heavy atom. The van der Waals surface area contributed by atoms with Crippen LogP contribution in [0.3, 0.4) is 0 Å². The highest BCUT2D eigenvalue weighted by Gasteiger charge is 2.38. The minimum Gasteiger partial charge on any atom is -0.314 e. The lowest BCUT2D eigenvalue weighted by atomic mass is 9.81. The van der Waals surface area contributed by atoms with Gasteiger partial charge in [0.15, 0.2) is 0 Å². The lowest BCUT2D eigenvalue weighted by Crippen LogP contribution is -2.53. The molecular formula is C22H35N3. The van der Waals surface area contributed by atoms with E-state index in [1.54, 1.807) is 5.57 Å². The monoisotopic (exact) mass is 341 g/mol. The van der Waals surface area contributed by atoms with Crippen molar-refractivity contribution in [1.29, 1.82) is 0 Å². The van der Waals surface area contributed by atoms with E-state index in [1.165, 1.54) is 37.9 Å². The molecule has 3 rings (SSSR count). The zero-order valence-electron chi connectivity index (χ0n) is 16.3. The maximum atomic E-state index is 3.51. The van der Waals surface area contributed by atoms with Crippen molar-refractivity contribution in [3.8, 4) is 0 Å². The van der Waals surface area contributed by atoms with Gasteiger partial charge in [-0.25, -0.2) is 0 Å². The second-order valence-corrected chi connectivity index (χ2v) is 7.95. The van der Waals surface area contributed by atoms with Gasteiger partial charge in [-0.1, -0.05) is 42.8 Å². The second kappa shape index (κ2) is 8.48. The molecule has 1 aromatic carbocycles. The molecule has 0 radical (unpaired) electrons. The van der Waals surface area contributed by atoms with Crippen LogP contribution in [0, 0.1) is 0 Å². The molecule has 3 nitrogen and oxygen atoms in total. The molecule has 0 bridgehead atoms. The van der Waals surface area contributed by atoms with E-state index in [4.69, 9.17) is 0 Å². The first-order chi connectivity index (χ1) is 12.1. The molecule has 1 atom stereocenters. The van der Waals surface area contributed by atoms with Crippen molar-refractivity contribution in [1.82, 2.24) is 15.1 Å². The quantitative estimate of drug-likeness (QED) is 0.821. The Kier molecular flexibility index (Phi) is 6.32. The third-order valence-electron chi connectivity index (χ3n) is 6.09. The fraction of sp³-hybridized carbons (Fsp3) is 0.636. The lowest BCUT2D eigenvalue weighted by molar-refractivity contribution is 0.0972. The highest BCUT2D eigenvalue weighted by Crippen LogP contribution is 2.39. The van der Waals surface area contributed by atoms with Crippen LogP contribution in [-0.2, 0) is 0 Å². The molecule has 0 amide bonds. The Morgan fingerprint density at radius 3 is 2.24 bits per heavy atom. The summed E-state index contributed by atoms with van der Waals surface area (Å²) in [5, 5.41) is 3.51. The minimum atomic E-state index is 0.0978. The summed E-state index contributed by atoms with van der Waals surface area (Å²) in [6.07, 6.45) is 6.46. The second-order valence-electron chi connectivity index (χ2n) is 7.95. The SMILES string of the molecule is CC=C(C(c1ccccc1)N1CCNCC1)C(C)(C)N1CCCCC1. The fourth-order valence-electron chi connectivity index (χ4n) is 4.64. The van der Waals surface area contributed by atoms with Gasteiger partial charge in [0.1, 0.15) is 0 Å². The topological polar surface area (TPSA) is 18.5 Å². The van der Waals surface area contributed by atoms with Gasteiger partial charge in [-0.2, -0.15) is 0 Å². The van der Waals surface area contributed by atoms with Gasteiger partial charge in [-0.15, -0.1) is 0 Å². The summed E-state index contributed by atoms with van der Waals surface area (Å²) in [4.78, 5) is 5.39. The number of benzene rings is 1. The molecule has 2 aliphatic rings. The summed E-state index contributed by atoms with van der Waals surface area (Å²) >= 11 is 0. The third kappa shape index (κ3) is 4.16. The number of nitrogens with one attached hydrogen (secondary N) is 1. The van der Waals surface area contributed by atoms with E-state index in [9.17, 15) is 0 Å². The van der Waals surface area contributed by atoms with Crippen molar-refractivity contribution in [3.63, 3.8) is 0 Å². The summed E-state index contributed by atoms with van der Waals surface area (Å²) in [5.41, 5.74) is 3.09. The Bertz CT molecular complexity index is 552. The average molecular weight is 342 g/mol. The summed E-state index contributed by atoms with van der Waals surface area (Å²) in [7, 11) is 0. The fourth-order valence-corrected chi connectivity index (χ4v) is 4.64. The van der Waals surface area contributed by atoms with E-state index < -0.39 is 0 Å². The Balaban J connectivity index is 1.94. The predicted octanol–water partition coefficient (Wildman–Crippen LogP) is 3.84. The van der Waals surface area contributed by atoms with E-state index in [2.05, 4.69) is 72.3 Å². The van der Waals surface area contributed by atoms with Gasteiger partial charge in [0.25, 0.3) is 0 Å². The highest BCUT2D eigenvalue weighted by atomic mass is 15.2. The molecule has 3 heteroatoms. The molecule has 0 saturated carbocycles. The average Bonchev–Trinajstić information content (AvgIpc) is 2.68. The van der Waals surface area contributed by atoms with Crippen molar-refractivity contribution < 1.29 is 0 Å².